The van der Waals surface area contributed by atoms with Crippen molar-refractivity contribution in [1.82, 2.24) is 16.0 Å². The predicted octanol–water partition coefficient (Wildman–Crippen LogP) is 1.67. The Morgan fingerprint density at radius 3 is 2.14 bits per heavy atom. The Kier molecular flexibility index (Phi) is 16.4. The van der Waals surface area contributed by atoms with E-state index in [0.29, 0.717) is 17.7 Å². The summed E-state index contributed by atoms with van der Waals surface area (Å²) in [6, 6.07) is 9.44. The number of hydrogen-bond donors (Lipinski definition) is 6. The summed E-state index contributed by atoms with van der Waals surface area (Å²) >= 11 is 0. The Balaban J connectivity index is 0.00000295. The molecule has 16 heteroatoms. The topological polar surface area (TPSA) is 247 Å². The number of amides is 5. The van der Waals surface area contributed by atoms with Crippen LogP contribution >= 0.6 is 0 Å². The van der Waals surface area contributed by atoms with Gasteiger partial charge in [0.25, 0.3) is 5.69 Å². The highest BCUT2D eigenvalue weighted by molar-refractivity contribution is 5.97. The highest BCUT2D eigenvalue weighted by Gasteiger charge is 2.21. The number of urea groups is 1. The number of nitro benzene ring substituents is 1. The zero-order valence-electron chi connectivity index (χ0n) is 23.9. The first-order valence-corrected chi connectivity index (χ1v) is 13.3. The summed E-state index contributed by atoms with van der Waals surface area (Å²) in [7, 11) is 0. The summed E-state index contributed by atoms with van der Waals surface area (Å²) in [5, 5.41) is 20.6. The number of carbonyl (C=O) groups is 5. The number of nitrogens with zero attached hydrogens (tertiary/aromatic N) is 1. The molecule has 8 N–H and O–H groups in total. The van der Waals surface area contributed by atoms with Gasteiger partial charge in [-0.05, 0) is 42.7 Å². The second kappa shape index (κ2) is 19.8. The molecule has 16 nitrogen and oxygen atoms in total. The number of nitrogens with one attached hydrogen (secondary N) is 4. The fraction of sp³-hybridized carbons (Fsp3) is 0.370. The molecule has 0 saturated carbocycles. The van der Waals surface area contributed by atoms with E-state index >= 15 is 0 Å². The summed E-state index contributed by atoms with van der Waals surface area (Å²) in [5.41, 5.74) is 11.0. The van der Waals surface area contributed by atoms with Crippen LogP contribution in [0.5, 0.6) is 5.75 Å². The van der Waals surface area contributed by atoms with E-state index in [9.17, 15) is 34.1 Å². The number of primary amides is 1. The fourth-order valence-corrected chi connectivity index (χ4v) is 3.10. The fourth-order valence-electron chi connectivity index (χ4n) is 3.10. The quantitative estimate of drug-likeness (QED) is 0.0599. The Hall–Kier alpha value is -5.25. The van der Waals surface area contributed by atoms with Crippen LogP contribution in [0, 0.1) is 10.1 Å². The van der Waals surface area contributed by atoms with Crippen molar-refractivity contribution >= 4 is 41.3 Å². The molecule has 0 radical (unpaired) electrons. The van der Waals surface area contributed by atoms with Crippen molar-refractivity contribution < 1.29 is 38.4 Å². The van der Waals surface area contributed by atoms with Gasteiger partial charge in [0.15, 0.2) is 0 Å². The van der Waals surface area contributed by atoms with Gasteiger partial charge >= 0.3 is 12.2 Å². The SMILES string of the molecule is CCC.NCC(=O)NCC(=O)N[C@@H](CCCNC(N)=O)C(=O)Nc1ccc(COC(=O)Oc2ccc([N+](=O)[O-])cc2)cc1. The first kappa shape index (κ1) is 35.8. The Morgan fingerprint density at radius 1 is 0.953 bits per heavy atom. The Morgan fingerprint density at radius 2 is 1.58 bits per heavy atom. The van der Waals surface area contributed by atoms with E-state index in [-0.39, 0.29) is 44.1 Å². The van der Waals surface area contributed by atoms with Gasteiger partial charge in [-0.3, -0.25) is 24.5 Å². The van der Waals surface area contributed by atoms with Crippen LogP contribution in [0.1, 0.15) is 38.7 Å². The zero-order valence-corrected chi connectivity index (χ0v) is 23.9. The lowest BCUT2D eigenvalue weighted by Crippen LogP contribution is -2.48. The van der Waals surface area contributed by atoms with E-state index in [2.05, 4.69) is 35.1 Å². The normalized spacial score (nSPS) is 10.6. The maximum atomic E-state index is 12.8. The number of carbonyl (C=O) groups excluding carboxylic acids is 5. The van der Waals surface area contributed by atoms with Gasteiger partial charge in [-0.2, -0.15) is 0 Å². The van der Waals surface area contributed by atoms with Crippen molar-refractivity contribution in [3.8, 4) is 5.75 Å². The molecule has 5 amide bonds. The molecular formula is C27H37N7O9. The molecular weight excluding hydrogens is 566 g/mol. The number of rotatable bonds is 14. The summed E-state index contributed by atoms with van der Waals surface area (Å²) < 4.78 is 9.99. The van der Waals surface area contributed by atoms with Crippen LogP contribution in [0.25, 0.3) is 0 Å². The molecule has 234 valence electrons. The van der Waals surface area contributed by atoms with E-state index in [1.54, 1.807) is 24.3 Å². The molecule has 2 aromatic carbocycles. The van der Waals surface area contributed by atoms with E-state index < -0.39 is 40.9 Å². The summed E-state index contributed by atoms with van der Waals surface area (Å²) in [5.74, 6) is -1.63. The predicted molar refractivity (Wildman–Crippen MR) is 156 cm³/mol. The monoisotopic (exact) mass is 603 g/mol. The average Bonchev–Trinajstić information content (AvgIpc) is 2.97. The lowest BCUT2D eigenvalue weighted by atomic mass is 10.1. The maximum absolute atomic E-state index is 12.8. The van der Waals surface area contributed by atoms with Crippen LogP contribution in [-0.2, 0) is 25.7 Å². The van der Waals surface area contributed by atoms with Gasteiger partial charge in [0, 0.05) is 24.4 Å². The number of anilines is 1. The van der Waals surface area contributed by atoms with Crippen molar-refractivity contribution in [2.24, 2.45) is 11.5 Å². The molecule has 0 unspecified atom stereocenters. The van der Waals surface area contributed by atoms with Gasteiger partial charge in [-0.1, -0.05) is 32.4 Å². The number of nitro groups is 1. The molecule has 0 saturated heterocycles. The maximum Gasteiger partial charge on any atom is 0.514 e. The van der Waals surface area contributed by atoms with E-state index in [4.69, 9.17) is 20.9 Å². The molecule has 2 aromatic rings. The van der Waals surface area contributed by atoms with Gasteiger partial charge in [0.1, 0.15) is 18.4 Å². The van der Waals surface area contributed by atoms with Gasteiger partial charge < -0.3 is 42.2 Å². The van der Waals surface area contributed by atoms with Crippen LogP contribution in [-0.4, -0.2) is 60.5 Å². The summed E-state index contributed by atoms with van der Waals surface area (Å²) in [4.78, 5) is 69.1. The highest BCUT2D eigenvalue weighted by atomic mass is 16.7. The van der Waals surface area contributed by atoms with E-state index in [1.165, 1.54) is 30.7 Å². The number of hydrogen-bond acceptors (Lipinski definition) is 10. The lowest BCUT2D eigenvalue weighted by Gasteiger charge is -2.19. The van der Waals surface area contributed by atoms with Gasteiger partial charge in [-0.25, -0.2) is 9.59 Å². The van der Waals surface area contributed by atoms with E-state index in [1.807, 2.05) is 0 Å². The first-order chi connectivity index (χ1) is 20.5. The second-order valence-corrected chi connectivity index (χ2v) is 8.82. The summed E-state index contributed by atoms with van der Waals surface area (Å²) in [6.07, 6.45) is 0.715. The number of non-ortho nitro benzene ring substituents is 1. The molecule has 0 heterocycles. The number of ether oxygens (including phenoxy) is 2. The molecule has 2 rings (SSSR count). The smallest absolute Gasteiger partial charge is 0.429 e. The third-order valence-corrected chi connectivity index (χ3v) is 5.08. The van der Waals surface area contributed by atoms with Crippen LogP contribution in [0.3, 0.4) is 0 Å². The van der Waals surface area contributed by atoms with Crippen LogP contribution in [0.15, 0.2) is 48.5 Å². The van der Waals surface area contributed by atoms with Crippen molar-refractivity contribution in [2.75, 3.05) is 25.0 Å². The zero-order chi connectivity index (χ0) is 32.2. The molecule has 1 atom stereocenters. The third-order valence-electron chi connectivity index (χ3n) is 5.08. The lowest BCUT2D eigenvalue weighted by molar-refractivity contribution is -0.384. The molecule has 0 spiro atoms. The van der Waals surface area contributed by atoms with Crippen LogP contribution in [0.4, 0.5) is 21.0 Å². The molecule has 0 aliphatic rings. The van der Waals surface area contributed by atoms with Gasteiger partial charge in [-0.15, -0.1) is 0 Å². The van der Waals surface area contributed by atoms with Crippen LogP contribution in [0.2, 0.25) is 0 Å². The molecule has 0 aliphatic heterocycles. The van der Waals surface area contributed by atoms with Crippen molar-refractivity contribution in [1.29, 1.82) is 0 Å². The second-order valence-electron chi connectivity index (χ2n) is 8.82. The molecule has 0 aliphatic carbocycles. The highest BCUT2D eigenvalue weighted by Crippen LogP contribution is 2.18. The molecule has 0 aromatic heterocycles. The van der Waals surface area contributed by atoms with Crippen LogP contribution < -0.4 is 37.5 Å². The van der Waals surface area contributed by atoms with E-state index in [0.717, 1.165) is 0 Å². The minimum atomic E-state index is -1.02. The standard InChI is InChI=1S/C24H29N7O9.C3H8/c25-12-20(32)28-13-21(33)30-19(2-1-11-27-23(26)35)22(34)29-16-5-3-15(4-6-16)14-39-24(36)40-18-9-7-17(8-10-18)31(37)38;1-3-2/h3-10,19H,1-2,11-14,25H2,(H,28,32)(H,29,34)(H,30,33)(H3,26,27,35);3H2,1-2H3/t19-;/m0./s1. The third kappa shape index (κ3) is 15.4. The molecule has 0 fully saturated rings. The largest absolute Gasteiger partial charge is 0.514 e. The van der Waals surface area contributed by atoms with Crippen molar-refractivity contribution in [3.63, 3.8) is 0 Å². The van der Waals surface area contributed by atoms with Crippen molar-refractivity contribution in [3.05, 3.63) is 64.2 Å². The Bertz CT molecular complexity index is 1220. The van der Waals surface area contributed by atoms with Gasteiger partial charge in [0.05, 0.1) is 18.0 Å². The number of benzene rings is 2. The van der Waals surface area contributed by atoms with Gasteiger partial charge in [0.2, 0.25) is 17.7 Å². The minimum Gasteiger partial charge on any atom is -0.429 e. The Labute approximate surface area is 248 Å². The molecule has 0 bridgehead atoms. The average molecular weight is 604 g/mol. The first-order valence-electron chi connectivity index (χ1n) is 13.3. The molecule has 43 heavy (non-hydrogen) atoms. The summed E-state index contributed by atoms with van der Waals surface area (Å²) in [6.45, 7) is 3.61. The minimum absolute atomic E-state index is 0.0717. The van der Waals surface area contributed by atoms with Crippen molar-refractivity contribution in [2.45, 2.75) is 45.8 Å². The number of nitrogens with two attached hydrogens (primary N) is 2.